The number of nitrogens with zero attached hydrogens (tertiary/aromatic N) is 3. The Kier molecular flexibility index (Phi) is 6.46. The standard InChI is InChI=1S/C18H24N4O4S/c1-4-14(17(23)19-13-11-12(2)5-6-15(13)24-3)26-18-16(20-27-21-18)22-7-9-25-10-8-22/h5-6,11,14H,4,7-10H2,1-3H3,(H,19,23)/t14-/m1/s1. The fourth-order valence-corrected chi connectivity index (χ4v) is 3.32. The molecule has 0 spiro atoms. The van der Waals surface area contributed by atoms with Crippen molar-refractivity contribution in [2.45, 2.75) is 26.4 Å². The first-order chi connectivity index (χ1) is 13.1. The number of carbonyl (C=O) groups excluding carboxylic acids is 1. The molecule has 0 bridgehead atoms. The van der Waals surface area contributed by atoms with Crippen LogP contribution < -0.4 is 19.7 Å². The predicted octanol–water partition coefficient (Wildman–Crippen LogP) is 2.49. The molecule has 1 aromatic carbocycles. The Hall–Kier alpha value is -2.39. The van der Waals surface area contributed by atoms with E-state index in [0.29, 0.717) is 42.8 Å². The van der Waals surface area contributed by atoms with Gasteiger partial charge in [0.1, 0.15) is 5.75 Å². The van der Waals surface area contributed by atoms with E-state index < -0.39 is 6.10 Å². The summed E-state index contributed by atoms with van der Waals surface area (Å²) in [5.41, 5.74) is 1.65. The minimum atomic E-state index is -0.682. The Labute approximate surface area is 162 Å². The summed E-state index contributed by atoms with van der Waals surface area (Å²) in [6.45, 7) is 6.59. The first-order valence-electron chi connectivity index (χ1n) is 8.89. The SMILES string of the molecule is CC[C@@H](Oc1nsnc1N1CCOCC1)C(=O)Nc1cc(C)ccc1OC. The Bertz CT molecular complexity index is 776. The fraction of sp³-hybridized carbons (Fsp3) is 0.500. The van der Waals surface area contributed by atoms with Crippen LogP contribution in [-0.2, 0) is 9.53 Å². The van der Waals surface area contributed by atoms with Gasteiger partial charge in [0.05, 0.1) is 37.7 Å². The lowest BCUT2D eigenvalue weighted by Crippen LogP contribution is -2.37. The summed E-state index contributed by atoms with van der Waals surface area (Å²) in [4.78, 5) is 14.8. The second-order valence-corrected chi connectivity index (χ2v) is 6.73. The number of aromatic nitrogens is 2. The zero-order chi connectivity index (χ0) is 19.2. The smallest absolute Gasteiger partial charge is 0.271 e. The fourth-order valence-electron chi connectivity index (χ4n) is 2.81. The molecule has 0 aliphatic carbocycles. The van der Waals surface area contributed by atoms with Gasteiger partial charge >= 0.3 is 0 Å². The number of hydrogen-bond acceptors (Lipinski definition) is 8. The van der Waals surface area contributed by atoms with Crippen LogP contribution in [0.5, 0.6) is 11.6 Å². The van der Waals surface area contributed by atoms with Gasteiger partial charge in [0.25, 0.3) is 11.8 Å². The van der Waals surface area contributed by atoms with Crippen LogP contribution in [0.3, 0.4) is 0 Å². The van der Waals surface area contributed by atoms with Crippen LogP contribution in [0.2, 0.25) is 0 Å². The number of methoxy groups -OCH3 is 1. The Morgan fingerprint density at radius 3 is 2.85 bits per heavy atom. The van der Waals surface area contributed by atoms with Crippen LogP contribution in [-0.4, -0.2) is 54.2 Å². The van der Waals surface area contributed by atoms with Crippen molar-refractivity contribution >= 4 is 29.1 Å². The molecule has 0 radical (unpaired) electrons. The average molecular weight is 392 g/mol. The van der Waals surface area contributed by atoms with Gasteiger partial charge < -0.3 is 24.4 Å². The zero-order valence-electron chi connectivity index (χ0n) is 15.7. The van der Waals surface area contributed by atoms with Crippen molar-refractivity contribution in [1.29, 1.82) is 0 Å². The number of rotatable bonds is 7. The molecule has 9 heteroatoms. The van der Waals surface area contributed by atoms with Crippen molar-refractivity contribution in [3.8, 4) is 11.6 Å². The largest absolute Gasteiger partial charge is 0.495 e. The van der Waals surface area contributed by atoms with E-state index in [1.807, 2.05) is 32.0 Å². The number of ether oxygens (including phenoxy) is 3. The van der Waals surface area contributed by atoms with Gasteiger partial charge in [-0.2, -0.15) is 4.37 Å². The van der Waals surface area contributed by atoms with Crippen LogP contribution >= 0.6 is 11.7 Å². The molecule has 0 unspecified atom stereocenters. The van der Waals surface area contributed by atoms with E-state index in [4.69, 9.17) is 14.2 Å². The summed E-state index contributed by atoms with van der Waals surface area (Å²) in [7, 11) is 1.57. The van der Waals surface area contributed by atoms with Gasteiger partial charge in [0.15, 0.2) is 6.10 Å². The number of hydrogen-bond donors (Lipinski definition) is 1. The maximum atomic E-state index is 12.8. The predicted molar refractivity (Wildman–Crippen MR) is 104 cm³/mol. The molecular weight excluding hydrogens is 368 g/mol. The molecule has 2 aromatic rings. The molecule has 27 heavy (non-hydrogen) atoms. The van der Waals surface area contributed by atoms with Gasteiger partial charge in [-0.1, -0.05) is 13.0 Å². The Morgan fingerprint density at radius 2 is 2.15 bits per heavy atom. The molecule has 2 heterocycles. The van der Waals surface area contributed by atoms with Crippen LogP contribution in [0.1, 0.15) is 18.9 Å². The quantitative estimate of drug-likeness (QED) is 0.775. The van der Waals surface area contributed by atoms with E-state index in [1.54, 1.807) is 7.11 Å². The van der Waals surface area contributed by atoms with Crippen LogP contribution in [0, 0.1) is 6.92 Å². The molecule has 1 amide bonds. The van der Waals surface area contributed by atoms with Gasteiger partial charge in [-0.3, -0.25) is 4.79 Å². The van der Waals surface area contributed by atoms with Crippen LogP contribution in [0.4, 0.5) is 11.5 Å². The highest BCUT2D eigenvalue weighted by molar-refractivity contribution is 6.99. The first kappa shape index (κ1) is 19.4. The number of nitrogens with one attached hydrogen (secondary N) is 1. The summed E-state index contributed by atoms with van der Waals surface area (Å²) in [6.07, 6.45) is -0.182. The highest BCUT2D eigenvalue weighted by Gasteiger charge is 2.26. The lowest BCUT2D eigenvalue weighted by Gasteiger charge is -2.27. The number of morpholine rings is 1. The molecule has 1 fully saturated rings. The van der Waals surface area contributed by atoms with Crippen LogP contribution in [0.15, 0.2) is 18.2 Å². The summed E-state index contributed by atoms with van der Waals surface area (Å²) in [5, 5.41) is 2.90. The molecule has 0 saturated carbocycles. The molecule has 146 valence electrons. The molecule has 1 aliphatic rings. The molecule has 1 N–H and O–H groups in total. The van der Waals surface area contributed by atoms with Crippen LogP contribution in [0.25, 0.3) is 0 Å². The summed E-state index contributed by atoms with van der Waals surface area (Å²) < 4.78 is 25.2. The second-order valence-electron chi connectivity index (χ2n) is 6.20. The van der Waals surface area contributed by atoms with Gasteiger partial charge in [0.2, 0.25) is 5.82 Å². The van der Waals surface area contributed by atoms with E-state index >= 15 is 0 Å². The second kappa shape index (κ2) is 9.01. The van der Waals surface area contributed by atoms with Gasteiger partial charge in [-0.15, -0.1) is 4.37 Å². The lowest BCUT2D eigenvalue weighted by molar-refractivity contribution is -0.122. The maximum absolute atomic E-state index is 12.8. The van der Waals surface area contributed by atoms with Crippen molar-refractivity contribution in [1.82, 2.24) is 8.75 Å². The molecular formula is C18H24N4O4S. The van der Waals surface area contributed by atoms with E-state index in [0.717, 1.165) is 30.4 Å². The van der Waals surface area contributed by atoms with Gasteiger partial charge in [0, 0.05) is 13.1 Å². The van der Waals surface area contributed by atoms with E-state index in [2.05, 4.69) is 19.0 Å². The Balaban J connectivity index is 1.71. The molecule has 1 atom stereocenters. The Morgan fingerprint density at radius 1 is 1.37 bits per heavy atom. The minimum Gasteiger partial charge on any atom is -0.495 e. The van der Waals surface area contributed by atoms with Crippen molar-refractivity contribution in [2.24, 2.45) is 0 Å². The topological polar surface area (TPSA) is 85.8 Å². The third kappa shape index (κ3) is 4.67. The molecule has 1 aliphatic heterocycles. The summed E-state index contributed by atoms with van der Waals surface area (Å²) >= 11 is 1.08. The van der Waals surface area contributed by atoms with Crippen molar-refractivity contribution < 1.29 is 19.0 Å². The number of carbonyl (C=O) groups is 1. The van der Waals surface area contributed by atoms with Gasteiger partial charge in [-0.05, 0) is 31.0 Å². The summed E-state index contributed by atoms with van der Waals surface area (Å²) in [5.74, 6) is 1.42. The van der Waals surface area contributed by atoms with Crippen molar-refractivity contribution in [2.75, 3.05) is 43.6 Å². The van der Waals surface area contributed by atoms with Crippen molar-refractivity contribution in [3.63, 3.8) is 0 Å². The highest BCUT2D eigenvalue weighted by Crippen LogP contribution is 2.29. The lowest BCUT2D eigenvalue weighted by atomic mass is 10.2. The zero-order valence-corrected chi connectivity index (χ0v) is 16.5. The highest BCUT2D eigenvalue weighted by atomic mass is 32.1. The third-order valence-electron chi connectivity index (χ3n) is 4.28. The van der Waals surface area contributed by atoms with E-state index in [1.165, 1.54) is 0 Å². The third-order valence-corrected chi connectivity index (χ3v) is 4.78. The number of benzene rings is 1. The van der Waals surface area contributed by atoms with Gasteiger partial charge in [-0.25, -0.2) is 0 Å². The molecule has 1 saturated heterocycles. The number of amides is 1. The first-order valence-corrected chi connectivity index (χ1v) is 9.62. The van der Waals surface area contributed by atoms with E-state index in [-0.39, 0.29) is 5.91 Å². The normalized spacial score (nSPS) is 15.3. The number of aryl methyl sites for hydroxylation is 1. The summed E-state index contributed by atoms with van der Waals surface area (Å²) in [6, 6.07) is 5.62. The number of anilines is 2. The van der Waals surface area contributed by atoms with E-state index in [9.17, 15) is 4.79 Å². The molecule has 3 rings (SSSR count). The van der Waals surface area contributed by atoms with Crippen molar-refractivity contribution in [3.05, 3.63) is 23.8 Å². The molecule has 1 aromatic heterocycles. The molecule has 8 nitrogen and oxygen atoms in total. The monoisotopic (exact) mass is 392 g/mol. The minimum absolute atomic E-state index is 0.248. The maximum Gasteiger partial charge on any atom is 0.271 e. The average Bonchev–Trinajstić information content (AvgIpc) is 3.15.